The van der Waals surface area contributed by atoms with Gasteiger partial charge in [0.05, 0.1) is 23.3 Å². The minimum absolute atomic E-state index is 0.0892. The summed E-state index contributed by atoms with van der Waals surface area (Å²) in [4.78, 5) is 13.8. The number of hydrogen-bond donors (Lipinski definition) is 2. The summed E-state index contributed by atoms with van der Waals surface area (Å²) in [6.07, 6.45) is 2.90. The first-order valence-electron chi connectivity index (χ1n) is 8.54. The lowest BCUT2D eigenvalue weighted by Gasteiger charge is -2.17. The van der Waals surface area contributed by atoms with Crippen LogP contribution in [-0.4, -0.2) is 18.1 Å². The molecule has 3 rings (SSSR count). The van der Waals surface area contributed by atoms with Crippen LogP contribution in [0.15, 0.2) is 12.1 Å². The van der Waals surface area contributed by atoms with Crippen molar-refractivity contribution in [1.82, 2.24) is 5.32 Å². The molecular formula is C19H17Cl2N3O2S2. The summed E-state index contributed by atoms with van der Waals surface area (Å²) in [5, 5.41) is 16.4. The Morgan fingerprint density at radius 1 is 1.43 bits per heavy atom. The fraction of sp³-hybridized carbons (Fsp3) is 0.316. The Labute approximate surface area is 182 Å². The molecule has 146 valence electrons. The monoisotopic (exact) mass is 453 g/mol. The molecule has 1 aliphatic rings. The molecule has 0 spiro atoms. The molecule has 0 aliphatic heterocycles. The Morgan fingerprint density at radius 3 is 2.86 bits per heavy atom. The highest BCUT2D eigenvalue weighted by molar-refractivity contribution is 7.80. The van der Waals surface area contributed by atoms with Crippen LogP contribution in [0.1, 0.15) is 39.7 Å². The predicted octanol–water partition coefficient (Wildman–Crippen LogP) is 5.19. The van der Waals surface area contributed by atoms with Crippen molar-refractivity contribution in [3.8, 4) is 11.8 Å². The van der Waals surface area contributed by atoms with Gasteiger partial charge in [-0.25, -0.2) is 0 Å². The van der Waals surface area contributed by atoms with Crippen molar-refractivity contribution in [2.24, 2.45) is 5.92 Å². The molecule has 5 nitrogen and oxygen atoms in total. The zero-order chi connectivity index (χ0) is 20.4. The molecule has 0 saturated carbocycles. The molecule has 0 fully saturated rings. The van der Waals surface area contributed by atoms with E-state index in [1.54, 1.807) is 0 Å². The molecule has 1 heterocycles. The van der Waals surface area contributed by atoms with Gasteiger partial charge >= 0.3 is 0 Å². The van der Waals surface area contributed by atoms with E-state index in [2.05, 4.69) is 23.6 Å². The Hall–Kier alpha value is -1.85. The number of carbonyl (C=O) groups excluding carboxylic acids is 1. The summed E-state index contributed by atoms with van der Waals surface area (Å²) in [5.41, 5.74) is 1.86. The van der Waals surface area contributed by atoms with Crippen LogP contribution in [0.25, 0.3) is 0 Å². The zero-order valence-corrected chi connectivity index (χ0v) is 18.3. The molecule has 1 amide bonds. The third kappa shape index (κ3) is 4.26. The third-order valence-electron chi connectivity index (χ3n) is 4.53. The number of methoxy groups -OCH3 is 1. The minimum Gasteiger partial charge on any atom is -0.494 e. The second-order valence-corrected chi connectivity index (χ2v) is 8.90. The number of benzene rings is 1. The Kier molecular flexibility index (Phi) is 6.46. The molecule has 2 aromatic rings. The molecule has 1 aromatic heterocycles. The summed E-state index contributed by atoms with van der Waals surface area (Å²) >= 11 is 18.9. The zero-order valence-electron chi connectivity index (χ0n) is 15.2. The number of fused-ring (bicyclic) bond motifs is 1. The van der Waals surface area contributed by atoms with Crippen LogP contribution < -0.4 is 15.4 Å². The minimum atomic E-state index is -0.507. The van der Waals surface area contributed by atoms with Crippen LogP contribution in [0.2, 0.25) is 10.0 Å². The SMILES string of the molecule is COc1c(Cl)cc(Cl)cc1C(=O)NC(=S)Nc1sc2c(c1C#N)CC[C@@H](C)C2. The Bertz CT molecular complexity index is 998. The number of ether oxygens (including phenoxy) is 1. The smallest absolute Gasteiger partial charge is 0.261 e. The maximum atomic E-state index is 12.6. The highest BCUT2D eigenvalue weighted by Gasteiger charge is 2.25. The summed E-state index contributed by atoms with van der Waals surface area (Å²) in [5.74, 6) is 0.300. The van der Waals surface area contributed by atoms with Gasteiger partial charge in [-0.3, -0.25) is 10.1 Å². The van der Waals surface area contributed by atoms with Crippen LogP contribution in [0.5, 0.6) is 5.75 Å². The normalized spacial score (nSPS) is 15.3. The third-order valence-corrected chi connectivity index (χ3v) is 6.41. The first-order chi connectivity index (χ1) is 13.3. The van der Waals surface area contributed by atoms with E-state index >= 15 is 0 Å². The lowest BCUT2D eigenvalue weighted by molar-refractivity contribution is 0.0975. The van der Waals surface area contributed by atoms with Crippen molar-refractivity contribution in [3.63, 3.8) is 0 Å². The first kappa shape index (κ1) is 20.9. The molecule has 28 heavy (non-hydrogen) atoms. The molecule has 0 bridgehead atoms. The highest BCUT2D eigenvalue weighted by atomic mass is 35.5. The number of nitrogens with one attached hydrogen (secondary N) is 2. The second-order valence-electron chi connectivity index (χ2n) is 6.54. The van der Waals surface area contributed by atoms with Gasteiger partial charge in [-0.1, -0.05) is 30.1 Å². The topological polar surface area (TPSA) is 74.2 Å². The summed E-state index contributed by atoms with van der Waals surface area (Å²) < 4.78 is 5.20. The fourth-order valence-electron chi connectivity index (χ4n) is 3.20. The van der Waals surface area contributed by atoms with Crippen molar-refractivity contribution in [3.05, 3.63) is 43.7 Å². The molecule has 0 saturated heterocycles. The molecule has 9 heteroatoms. The molecule has 2 N–H and O–H groups in total. The number of anilines is 1. The molecule has 1 aromatic carbocycles. The van der Waals surface area contributed by atoms with Gasteiger partial charge in [-0.15, -0.1) is 11.3 Å². The van der Waals surface area contributed by atoms with E-state index in [9.17, 15) is 10.1 Å². The van der Waals surface area contributed by atoms with E-state index in [0.717, 1.165) is 24.8 Å². The Balaban J connectivity index is 1.79. The van der Waals surface area contributed by atoms with Crippen LogP contribution >= 0.6 is 46.8 Å². The summed E-state index contributed by atoms with van der Waals surface area (Å²) in [6, 6.07) is 5.21. The van der Waals surface area contributed by atoms with E-state index in [-0.39, 0.29) is 21.4 Å². The van der Waals surface area contributed by atoms with Gasteiger partial charge in [-0.05, 0) is 55.1 Å². The van der Waals surface area contributed by atoms with Crippen LogP contribution in [0.3, 0.4) is 0 Å². The lowest BCUT2D eigenvalue weighted by atomic mass is 9.89. The van der Waals surface area contributed by atoms with Gasteiger partial charge in [0.15, 0.2) is 5.11 Å². The molecule has 0 unspecified atom stereocenters. The van der Waals surface area contributed by atoms with Gasteiger partial charge in [0, 0.05) is 9.90 Å². The number of carbonyl (C=O) groups is 1. The van der Waals surface area contributed by atoms with E-state index in [1.165, 1.54) is 35.5 Å². The van der Waals surface area contributed by atoms with E-state index in [1.807, 2.05) is 0 Å². The fourth-order valence-corrected chi connectivity index (χ4v) is 5.39. The maximum Gasteiger partial charge on any atom is 0.261 e. The average Bonchev–Trinajstić information content (AvgIpc) is 2.96. The van der Waals surface area contributed by atoms with Crippen molar-refractivity contribution in [2.75, 3.05) is 12.4 Å². The van der Waals surface area contributed by atoms with Crippen molar-refractivity contribution in [1.29, 1.82) is 5.26 Å². The van der Waals surface area contributed by atoms with Crippen molar-refractivity contribution < 1.29 is 9.53 Å². The lowest BCUT2D eigenvalue weighted by Crippen LogP contribution is -2.34. The van der Waals surface area contributed by atoms with Crippen molar-refractivity contribution >= 4 is 62.8 Å². The number of thiocarbonyl (C=S) groups is 1. The highest BCUT2D eigenvalue weighted by Crippen LogP contribution is 2.39. The van der Waals surface area contributed by atoms with Gasteiger partial charge in [0.25, 0.3) is 5.91 Å². The standard InChI is InChI=1S/C19H17Cl2N3O2S2/c1-9-3-4-11-13(8-22)18(28-15(11)5-9)24-19(27)23-17(25)12-6-10(20)7-14(21)16(12)26-2/h6-7,9H,3-5H2,1-2H3,(H2,23,24,25,27)/t9-/m1/s1. The van der Waals surface area contributed by atoms with Crippen LogP contribution in [0, 0.1) is 17.2 Å². The number of thiophene rings is 1. The maximum absolute atomic E-state index is 12.6. The van der Waals surface area contributed by atoms with Gasteiger partial charge in [0.1, 0.15) is 16.8 Å². The quantitative estimate of drug-likeness (QED) is 0.625. The van der Waals surface area contributed by atoms with Crippen LogP contribution in [0.4, 0.5) is 5.00 Å². The van der Waals surface area contributed by atoms with Crippen molar-refractivity contribution in [2.45, 2.75) is 26.2 Å². The number of amides is 1. The number of hydrogen-bond acceptors (Lipinski definition) is 5. The molecule has 1 aliphatic carbocycles. The molecule has 1 atom stereocenters. The number of rotatable bonds is 3. The van der Waals surface area contributed by atoms with E-state index < -0.39 is 5.91 Å². The van der Waals surface area contributed by atoms with Gasteiger partial charge < -0.3 is 10.1 Å². The number of nitriles is 1. The number of halogens is 2. The van der Waals surface area contributed by atoms with E-state index in [4.69, 9.17) is 40.2 Å². The first-order valence-corrected chi connectivity index (χ1v) is 10.5. The predicted molar refractivity (Wildman–Crippen MR) is 117 cm³/mol. The largest absolute Gasteiger partial charge is 0.494 e. The average molecular weight is 454 g/mol. The van der Waals surface area contributed by atoms with Gasteiger partial charge in [-0.2, -0.15) is 5.26 Å². The number of nitrogens with zero attached hydrogens (tertiary/aromatic N) is 1. The van der Waals surface area contributed by atoms with E-state index in [0.29, 0.717) is 21.5 Å². The second kappa shape index (κ2) is 8.66. The molecular weight excluding hydrogens is 437 g/mol. The summed E-state index contributed by atoms with van der Waals surface area (Å²) in [7, 11) is 1.42. The summed E-state index contributed by atoms with van der Waals surface area (Å²) in [6.45, 7) is 2.20. The van der Waals surface area contributed by atoms with Crippen LogP contribution in [-0.2, 0) is 12.8 Å². The Morgan fingerprint density at radius 2 is 2.18 bits per heavy atom. The molecule has 0 radical (unpaired) electrons. The van der Waals surface area contributed by atoms with Gasteiger partial charge in [0.2, 0.25) is 0 Å².